The normalized spacial score (nSPS) is 22.8. The molecule has 0 aromatic heterocycles. The molecule has 1 aliphatic carbocycles. The van der Waals surface area contributed by atoms with Crippen molar-refractivity contribution in [1.29, 1.82) is 5.26 Å². The average Bonchev–Trinajstić information content (AvgIpc) is 3.08. The molecule has 154 valence electrons. The van der Waals surface area contributed by atoms with Gasteiger partial charge in [0, 0.05) is 23.0 Å². The standard InChI is InChI=1S/C21H29ClN2O3S/c1-19(2,3)28(25)24-18(20(15-23)9-5-10-20)8-11-21(26-12-13-27-21)16-6-4-7-17(22)14-16/h4,6-7,14,18,24H,5,8-13H2,1-3H3/t18-,28+/m1/s1. The van der Waals surface area contributed by atoms with Crippen LogP contribution in [0.25, 0.3) is 0 Å². The molecule has 1 saturated carbocycles. The van der Waals surface area contributed by atoms with Crippen LogP contribution in [-0.2, 0) is 26.2 Å². The van der Waals surface area contributed by atoms with Crippen molar-refractivity contribution in [3.63, 3.8) is 0 Å². The van der Waals surface area contributed by atoms with Gasteiger partial charge >= 0.3 is 0 Å². The van der Waals surface area contributed by atoms with Gasteiger partial charge in [-0.25, -0.2) is 8.93 Å². The van der Waals surface area contributed by atoms with Gasteiger partial charge in [0.05, 0.1) is 40.4 Å². The molecule has 2 aliphatic rings. The Morgan fingerprint density at radius 1 is 1.32 bits per heavy atom. The first-order chi connectivity index (χ1) is 13.2. The van der Waals surface area contributed by atoms with E-state index in [1.165, 1.54) is 0 Å². The van der Waals surface area contributed by atoms with E-state index in [2.05, 4.69) is 10.8 Å². The predicted molar refractivity (Wildman–Crippen MR) is 111 cm³/mol. The van der Waals surface area contributed by atoms with Gasteiger partial charge in [0.25, 0.3) is 0 Å². The van der Waals surface area contributed by atoms with Gasteiger partial charge in [-0.2, -0.15) is 5.26 Å². The van der Waals surface area contributed by atoms with Crippen LogP contribution in [0.1, 0.15) is 58.4 Å². The third kappa shape index (κ3) is 4.44. The minimum atomic E-state index is -1.25. The Labute approximate surface area is 175 Å². The maximum atomic E-state index is 12.8. The van der Waals surface area contributed by atoms with E-state index in [4.69, 9.17) is 21.1 Å². The number of hydrogen-bond acceptors (Lipinski definition) is 4. The van der Waals surface area contributed by atoms with Crippen molar-refractivity contribution in [3.05, 3.63) is 34.9 Å². The number of nitriles is 1. The Morgan fingerprint density at radius 2 is 2.00 bits per heavy atom. The topological polar surface area (TPSA) is 71.3 Å². The minimum absolute atomic E-state index is 0.185. The first kappa shape index (κ1) is 21.7. The Hall–Kier alpha value is -0.970. The SMILES string of the molecule is CC(C)(C)[S@](=O)N[C@H](CCC1(c2cccc(Cl)c2)OCCO1)C1(C#N)CCC1. The molecule has 7 heteroatoms. The summed E-state index contributed by atoms with van der Waals surface area (Å²) in [5.74, 6) is -0.867. The van der Waals surface area contributed by atoms with Crippen molar-refractivity contribution in [2.75, 3.05) is 13.2 Å². The van der Waals surface area contributed by atoms with Gasteiger partial charge in [-0.15, -0.1) is 0 Å². The summed E-state index contributed by atoms with van der Waals surface area (Å²) >= 11 is 6.19. The zero-order valence-electron chi connectivity index (χ0n) is 16.8. The van der Waals surface area contributed by atoms with Crippen LogP contribution in [0.15, 0.2) is 24.3 Å². The lowest BCUT2D eigenvalue weighted by atomic mass is 9.64. The molecule has 1 aromatic rings. The van der Waals surface area contributed by atoms with Crippen LogP contribution < -0.4 is 4.72 Å². The molecule has 1 heterocycles. The van der Waals surface area contributed by atoms with Gasteiger partial charge in [-0.05, 0) is 52.2 Å². The molecule has 0 spiro atoms. The molecule has 2 atom stereocenters. The fraction of sp³-hybridized carbons (Fsp3) is 0.667. The second-order valence-corrected chi connectivity index (χ2v) is 11.1. The van der Waals surface area contributed by atoms with Crippen molar-refractivity contribution in [2.45, 2.75) is 69.5 Å². The molecule has 0 bridgehead atoms. The molecule has 0 unspecified atom stereocenters. The van der Waals surface area contributed by atoms with Crippen molar-refractivity contribution in [3.8, 4) is 6.07 Å². The van der Waals surface area contributed by atoms with Crippen molar-refractivity contribution in [2.24, 2.45) is 5.41 Å². The average molecular weight is 425 g/mol. The molecule has 1 aliphatic heterocycles. The molecule has 0 radical (unpaired) electrons. The molecule has 2 fully saturated rings. The van der Waals surface area contributed by atoms with E-state index in [1.54, 1.807) is 0 Å². The predicted octanol–water partition coefficient (Wildman–Crippen LogP) is 4.43. The summed E-state index contributed by atoms with van der Waals surface area (Å²) < 4.78 is 27.7. The number of halogens is 1. The summed E-state index contributed by atoms with van der Waals surface area (Å²) in [5.41, 5.74) is 0.405. The van der Waals surface area contributed by atoms with Crippen LogP contribution in [0.5, 0.6) is 0 Å². The Morgan fingerprint density at radius 3 is 2.50 bits per heavy atom. The van der Waals surface area contributed by atoms with Crippen molar-refractivity contribution in [1.82, 2.24) is 4.72 Å². The highest BCUT2D eigenvalue weighted by atomic mass is 35.5. The number of benzene rings is 1. The summed E-state index contributed by atoms with van der Waals surface area (Å²) in [6.45, 7) is 6.83. The van der Waals surface area contributed by atoms with Crippen LogP contribution in [0, 0.1) is 16.7 Å². The van der Waals surface area contributed by atoms with Crippen LogP contribution >= 0.6 is 11.6 Å². The Balaban J connectivity index is 1.82. The highest BCUT2D eigenvalue weighted by Crippen LogP contribution is 2.47. The van der Waals surface area contributed by atoms with Gasteiger partial charge in [0.15, 0.2) is 5.79 Å². The quantitative estimate of drug-likeness (QED) is 0.702. The van der Waals surface area contributed by atoms with E-state index in [-0.39, 0.29) is 6.04 Å². The van der Waals surface area contributed by atoms with Crippen LogP contribution in [0.4, 0.5) is 0 Å². The number of rotatable bonds is 7. The fourth-order valence-electron chi connectivity index (χ4n) is 3.82. The zero-order chi connectivity index (χ0) is 20.4. The first-order valence-electron chi connectivity index (χ1n) is 9.84. The van der Waals surface area contributed by atoms with E-state index >= 15 is 0 Å². The van der Waals surface area contributed by atoms with Crippen LogP contribution in [-0.4, -0.2) is 28.2 Å². The van der Waals surface area contributed by atoms with Crippen molar-refractivity contribution < 1.29 is 13.7 Å². The van der Waals surface area contributed by atoms with E-state index < -0.39 is 26.9 Å². The number of hydrogen-bond donors (Lipinski definition) is 1. The summed E-state index contributed by atoms with van der Waals surface area (Å²) in [4.78, 5) is 0. The van der Waals surface area contributed by atoms with E-state index in [1.807, 2.05) is 45.0 Å². The molecule has 1 N–H and O–H groups in total. The van der Waals surface area contributed by atoms with E-state index in [9.17, 15) is 9.47 Å². The highest BCUT2D eigenvalue weighted by Gasteiger charge is 2.48. The lowest BCUT2D eigenvalue weighted by molar-refractivity contribution is -0.173. The summed E-state index contributed by atoms with van der Waals surface area (Å²) in [5, 5.41) is 10.5. The fourth-order valence-corrected chi connectivity index (χ4v) is 4.97. The van der Waals surface area contributed by atoms with Gasteiger partial charge < -0.3 is 9.47 Å². The van der Waals surface area contributed by atoms with Crippen molar-refractivity contribution >= 4 is 22.6 Å². The molecule has 5 nitrogen and oxygen atoms in total. The molecule has 0 amide bonds. The van der Waals surface area contributed by atoms with Gasteiger partial charge in [0.2, 0.25) is 0 Å². The molecule has 1 saturated heterocycles. The number of ether oxygens (including phenoxy) is 2. The van der Waals surface area contributed by atoms with Gasteiger partial charge in [-0.1, -0.05) is 30.2 Å². The molecular weight excluding hydrogens is 396 g/mol. The number of nitrogens with one attached hydrogen (secondary N) is 1. The minimum Gasteiger partial charge on any atom is -0.343 e. The third-order valence-electron chi connectivity index (χ3n) is 5.72. The first-order valence-corrected chi connectivity index (χ1v) is 11.4. The smallest absolute Gasteiger partial charge is 0.195 e. The second-order valence-electron chi connectivity index (χ2n) is 8.67. The maximum Gasteiger partial charge on any atom is 0.195 e. The van der Waals surface area contributed by atoms with E-state index in [0.29, 0.717) is 31.1 Å². The molecular formula is C21H29ClN2O3S. The van der Waals surface area contributed by atoms with Gasteiger partial charge in [-0.3, -0.25) is 0 Å². The zero-order valence-corrected chi connectivity index (χ0v) is 18.4. The Bertz CT molecular complexity index is 762. The van der Waals surface area contributed by atoms with E-state index in [0.717, 1.165) is 24.8 Å². The summed E-state index contributed by atoms with van der Waals surface area (Å²) in [7, 11) is -1.25. The molecule has 28 heavy (non-hydrogen) atoms. The molecule has 1 aromatic carbocycles. The second kappa shape index (κ2) is 8.41. The number of nitrogens with zero attached hydrogens (tertiary/aromatic N) is 1. The lowest BCUT2D eigenvalue weighted by Gasteiger charge is -2.44. The van der Waals surface area contributed by atoms with Gasteiger partial charge in [0.1, 0.15) is 0 Å². The maximum absolute atomic E-state index is 12.8. The Kier molecular flexibility index (Phi) is 6.53. The lowest BCUT2D eigenvalue weighted by Crippen LogP contribution is -2.52. The van der Waals surface area contributed by atoms with Crippen LogP contribution in [0.2, 0.25) is 5.02 Å². The largest absolute Gasteiger partial charge is 0.343 e. The third-order valence-corrected chi connectivity index (χ3v) is 7.57. The molecule has 3 rings (SSSR count). The monoisotopic (exact) mass is 424 g/mol. The summed E-state index contributed by atoms with van der Waals surface area (Å²) in [6, 6.07) is 9.86. The van der Waals surface area contributed by atoms with Crippen LogP contribution in [0.3, 0.4) is 0 Å². The highest BCUT2D eigenvalue weighted by molar-refractivity contribution is 7.84. The summed E-state index contributed by atoms with van der Waals surface area (Å²) in [6.07, 6.45) is 3.88.